The van der Waals surface area contributed by atoms with Crippen molar-refractivity contribution in [3.05, 3.63) is 52.5 Å². The van der Waals surface area contributed by atoms with Crippen LogP contribution in [0.2, 0.25) is 0 Å². The fraction of sp³-hybridized carbons (Fsp3) is 0.222. The lowest BCUT2D eigenvalue weighted by Crippen LogP contribution is -2.52. The van der Waals surface area contributed by atoms with Gasteiger partial charge in [0.25, 0.3) is 0 Å². The number of anilines is 1. The first-order valence-corrected chi connectivity index (χ1v) is 8.72. The molecule has 0 aromatic heterocycles. The standard InChI is InChI=1S/C18H15BrN2O4/c19-10-5-7-15-13(9-10)21-16(22)8-6-12(20-18(23)24)17(21)11-3-1-2-4-14(11)25-15/h1-5,7,9,12,17,20H,6,8H2,(H,23,24)/t12-,17-/m0/s1. The predicted octanol–water partition coefficient (Wildman–Crippen LogP) is 4.06. The topological polar surface area (TPSA) is 78.9 Å². The molecular formula is C18H15BrN2O4. The van der Waals surface area contributed by atoms with Gasteiger partial charge >= 0.3 is 6.09 Å². The quantitative estimate of drug-likeness (QED) is 0.753. The lowest BCUT2D eigenvalue weighted by atomic mass is 9.89. The lowest BCUT2D eigenvalue weighted by molar-refractivity contribution is -0.120. The van der Waals surface area contributed by atoms with E-state index >= 15 is 0 Å². The zero-order valence-electron chi connectivity index (χ0n) is 13.1. The van der Waals surface area contributed by atoms with E-state index in [-0.39, 0.29) is 12.3 Å². The van der Waals surface area contributed by atoms with Crippen LogP contribution in [0, 0.1) is 0 Å². The Kier molecular flexibility index (Phi) is 3.88. The summed E-state index contributed by atoms with van der Waals surface area (Å²) in [6.45, 7) is 0. The molecule has 1 saturated heterocycles. The second-order valence-electron chi connectivity index (χ2n) is 6.06. The molecule has 2 atom stereocenters. The van der Waals surface area contributed by atoms with E-state index < -0.39 is 18.2 Å². The zero-order chi connectivity index (χ0) is 17.6. The molecule has 2 heterocycles. The van der Waals surface area contributed by atoms with Gasteiger partial charge in [-0.15, -0.1) is 0 Å². The number of nitrogens with zero attached hydrogens (tertiary/aromatic N) is 1. The molecule has 2 aliphatic heterocycles. The summed E-state index contributed by atoms with van der Waals surface area (Å²) in [5.74, 6) is 1.15. The highest BCUT2D eigenvalue weighted by Crippen LogP contribution is 2.48. The number of fused-ring (bicyclic) bond motifs is 5. The van der Waals surface area contributed by atoms with E-state index in [1.807, 2.05) is 36.4 Å². The third kappa shape index (κ3) is 2.74. The normalized spacial score (nSPS) is 21.3. The maximum absolute atomic E-state index is 12.8. The third-order valence-electron chi connectivity index (χ3n) is 4.54. The number of ether oxygens (including phenoxy) is 1. The fourth-order valence-corrected chi connectivity index (χ4v) is 3.89. The molecule has 2 amide bonds. The molecule has 0 radical (unpaired) electrons. The molecule has 2 aliphatic rings. The van der Waals surface area contributed by atoms with Crippen LogP contribution in [0.15, 0.2) is 46.9 Å². The lowest BCUT2D eigenvalue weighted by Gasteiger charge is -2.40. The van der Waals surface area contributed by atoms with Crippen molar-refractivity contribution in [1.82, 2.24) is 5.32 Å². The van der Waals surface area contributed by atoms with Crippen molar-refractivity contribution in [3.63, 3.8) is 0 Å². The van der Waals surface area contributed by atoms with Crippen molar-refractivity contribution in [2.45, 2.75) is 24.9 Å². The van der Waals surface area contributed by atoms with Gasteiger partial charge in [-0.05, 0) is 30.7 Å². The van der Waals surface area contributed by atoms with Gasteiger partial charge in [0, 0.05) is 16.5 Å². The minimum atomic E-state index is -1.10. The van der Waals surface area contributed by atoms with E-state index in [1.165, 1.54) is 0 Å². The van der Waals surface area contributed by atoms with Gasteiger partial charge in [-0.25, -0.2) is 4.79 Å². The number of carbonyl (C=O) groups excluding carboxylic acids is 1. The number of nitrogens with one attached hydrogen (secondary N) is 1. The SMILES string of the molecule is O=C(O)N[C@H]1CCC(=O)N2c3cc(Br)ccc3Oc3ccccc3[C@@H]12. The van der Waals surface area contributed by atoms with Crippen LogP contribution >= 0.6 is 15.9 Å². The first-order chi connectivity index (χ1) is 12.0. The third-order valence-corrected chi connectivity index (χ3v) is 5.04. The van der Waals surface area contributed by atoms with Gasteiger partial charge in [0.05, 0.1) is 17.8 Å². The van der Waals surface area contributed by atoms with Gasteiger partial charge in [0.15, 0.2) is 5.75 Å². The van der Waals surface area contributed by atoms with Crippen LogP contribution < -0.4 is 15.0 Å². The van der Waals surface area contributed by atoms with Crippen LogP contribution in [-0.4, -0.2) is 23.1 Å². The van der Waals surface area contributed by atoms with E-state index in [0.29, 0.717) is 23.6 Å². The summed E-state index contributed by atoms with van der Waals surface area (Å²) in [5.41, 5.74) is 1.43. The Morgan fingerprint density at radius 2 is 2.04 bits per heavy atom. The first-order valence-electron chi connectivity index (χ1n) is 7.92. The monoisotopic (exact) mass is 402 g/mol. The van der Waals surface area contributed by atoms with Gasteiger partial charge in [-0.1, -0.05) is 34.1 Å². The Morgan fingerprint density at radius 1 is 1.24 bits per heavy atom. The van der Waals surface area contributed by atoms with Crippen LogP contribution in [0.25, 0.3) is 0 Å². The van der Waals surface area contributed by atoms with Gasteiger partial charge in [-0.3, -0.25) is 9.69 Å². The van der Waals surface area contributed by atoms with Gasteiger partial charge in [0.1, 0.15) is 5.75 Å². The van der Waals surface area contributed by atoms with Gasteiger partial charge in [0.2, 0.25) is 5.91 Å². The summed E-state index contributed by atoms with van der Waals surface area (Å²) in [6, 6.07) is 12.1. The number of carboxylic acid groups (broad SMARTS) is 1. The molecule has 6 nitrogen and oxygen atoms in total. The van der Waals surface area contributed by atoms with Crippen molar-refractivity contribution in [2.75, 3.05) is 4.90 Å². The molecule has 2 aromatic rings. The predicted molar refractivity (Wildman–Crippen MR) is 95.1 cm³/mol. The summed E-state index contributed by atoms with van der Waals surface area (Å²) in [7, 11) is 0. The van der Waals surface area contributed by atoms with Gasteiger partial charge in [-0.2, -0.15) is 0 Å². The molecule has 25 heavy (non-hydrogen) atoms. The number of hydrogen-bond acceptors (Lipinski definition) is 3. The number of para-hydroxylation sites is 1. The van der Waals surface area contributed by atoms with E-state index in [0.717, 1.165) is 10.0 Å². The molecule has 2 N–H and O–H groups in total. The van der Waals surface area contributed by atoms with E-state index in [1.54, 1.807) is 11.0 Å². The van der Waals surface area contributed by atoms with Crippen LogP contribution in [0.5, 0.6) is 11.5 Å². The Labute approximate surface area is 152 Å². The minimum Gasteiger partial charge on any atom is -0.465 e. The summed E-state index contributed by atoms with van der Waals surface area (Å²) in [6.07, 6.45) is -0.379. The highest BCUT2D eigenvalue weighted by molar-refractivity contribution is 9.10. The molecule has 0 saturated carbocycles. The first kappa shape index (κ1) is 16.0. The average Bonchev–Trinajstić information content (AvgIpc) is 2.72. The summed E-state index contributed by atoms with van der Waals surface area (Å²) >= 11 is 3.44. The summed E-state index contributed by atoms with van der Waals surface area (Å²) < 4.78 is 6.88. The number of hydrogen-bond donors (Lipinski definition) is 2. The molecule has 0 aliphatic carbocycles. The number of halogens is 1. The Hall–Kier alpha value is -2.54. The molecule has 2 aromatic carbocycles. The summed E-state index contributed by atoms with van der Waals surface area (Å²) in [5, 5.41) is 11.8. The molecule has 0 bridgehead atoms. The fourth-order valence-electron chi connectivity index (χ4n) is 3.54. The zero-order valence-corrected chi connectivity index (χ0v) is 14.7. The number of amides is 2. The smallest absolute Gasteiger partial charge is 0.404 e. The largest absolute Gasteiger partial charge is 0.465 e. The van der Waals surface area contributed by atoms with E-state index in [2.05, 4.69) is 21.2 Å². The number of rotatable bonds is 1. The van der Waals surface area contributed by atoms with Crippen molar-refractivity contribution < 1.29 is 19.4 Å². The molecule has 0 spiro atoms. The summed E-state index contributed by atoms with van der Waals surface area (Å²) in [4.78, 5) is 25.7. The highest BCUT2D eigenvalue weighted by Gasteiger charge is 2.42. The molecule has 128 valence electrons. The van der Waals surface area contributed by atoms with E-state index in [4.69, 9.17) is 4.74 Å². The van der Waals surface area contributed by atoms with Gasteiger partial charge < -0.3 is 15.2 Å². The van der Waals surface area contributed by atoms with Crippen LogP contribution in [0.4, 0.5) is 10.5 Å². The highest BCUT2D eigenvalue weighted by atomic mass is 79.9. The van der Waals surface area contributed by atoms with Crippen LogP contribution in [0.3, 0.4) is 0 Å². The molecule has 7 heteroatoms. The van der Waals surface area contributed by atoms with Crippen molar-refractivity contribution in [1.29, 1.82) is 0 Å². The Bertz CT molecular complexity index is 870. The maximum Gasteiger partial charge on any atom is 0.404 e. The molecular weight excluding hydrogens is 388 g/mol. The van der Waals surface area contributed by atoms with Crippen molar-refractivity contribution in [3.8, 4) is 11.5 Å². The Balaban J connectivity index is 1.94. The maximum atomic E-state index is 12.8. The number of benzene rings is 2. The molecule has 1 fully saturated rings. The van der Waals surface area contributed by atoms with E-state index in [9.17, 15) is 14.7 Å². The van der Waals surface area contributed by atoms with Crippen molar-refractivity contribution >= 4 is 33.6 Å². The average molecular weight is 403 g/mol. The minimum absolute atomic E-state index is 0.0481. The second-order valence-corrected chi connectivity index (χ2v) is 6.97. The Morgan fingerprint density at radius 3 is 2.84 bits per heavy atom. The van der Waals surface area contributed by atoms with Crippen LogP contribution in [0.1, 0.15) is 24.4 Å². The number of piperidine rings is 1. The molecule has 4 rings (SSSR count). The van der Waals surface area contributed by atoms with Crippen LogP contribution in [-0.2, 0) is 4.79 Å². The van der Waals surface area contributed by atoms with Crippen molar-refractivity contribution in [2.24, 2.45) is 0 Å². The number of carbonyl (C=O) groups is 2. The molecule has 0 unspecified atom stereocenters. The second kappa shape index (κ2) is 6.07.